The van der Waals surface area contributed by atoms with Crippen LogP contribution in [0.1, 0.15) is 0 Å². The van der Waals surface area contributed by atoms with Gasteiger partial charge in [0.15, 0.2) is 0 Å². The molecule has 1 aromatic heterocycles. The molecule has 31 heavy (non-hydrogen) atoms. The second-order valence-electron chi connectivity index (χ2n) is 7.06. The average Bonchev–Trinajstić information content (AvgIpc) is 2.76. The normalized spacial score (nSPS) is 15.4. The average molecular weight is 481 g/mol. The summed E-state index contributed by atoms with van der Waals surface area (Å²) in [5.41, 5.74) is -0.104. The van der Waals surface area contributed by atoms with E-state index in [9.17, 15) is 18.0 Å². The molecule has 0 saturated carbocycles. The predicted octanol–water partition coefficient (Wildman–Crippen LogP) is 2.24. The predicted molar refractivity (Wildman–Crippen MR) is 118 cm³/mol. The number of piperazine rings is 1. The number of nitrogens with zero attached hydrogens (tertiary/aromatic N) is 4. The van der Waals surface area contributed by atoms with Crippen molar-refractivity contribution in [3.05, 3.63) is 69.2 Å². The summed E-state index contributed by atoms with van der Waals surface area (Å²) >= 11 is 12.1. The minimum Gasteiger partial charge on any atom is -0.338 e. The van der Waals surface area contributed by atoms with Crippen LogP contribution >= 0.6 is 23.2 Å². The van der Waals surface area contributed by atoms with Crippen LogP contribution in [0.5, 0.6) is 0 Å². The molecular weight excluding hydrogens is 463 g/mol. The van der Waals surface area contributed by atoms with Crippen LogP contribution in [0.2, 0.25) is 10.0 Å². The van der Waals surface area contributed by atoms with Crippen molar-refractivity contribution in [1.29, 1.82) is 0 Å². The maximum absolute atomic E-state index is 12.7. The minimum absolute atomic E-state index is 0.180. The lowest BCUT2D eigenvalue weighted by atomic mass is 10.2. The Bertz CT molecular complexity index is 1300. The van der Waals surface area contributed by atoms with Crippen molar-refractivity contribution in [2.75, 3.05) is 26.2 Å². The van der Waals surface area contributed by atoms with Crippen molar-refractivity contribution in [2.45, 2.75) is 11.4 Å². The van der Waals surface area contributed by atoms with Gasteiger partial charge in [0.25, 0.3) is 5.56 Å². The van der Waals surface area contributed by atoms with Crippen LogP contribution in [0.15, 0.2) is 58.5 Å². The summed E-state index contributed by atoms with van der Waals surface area (Å²) in [6.07, 6.45) is 1.28. The van der Waals surface area contributed by atoms with Gasteiger partial charge >= 0.3 is 0 Å². The Morgan fingerprint density at radius 3 is 2.39 bits per heavy atom. The molecule has 162 valence electrons. The molecule has 8 nitrogen and oxygen atoms in total. The second-order valence-corrected chi connectivity index (χ2v) is 9.84. The molecule has 0 aliphatic carbocycles. The number of amides is 1. The van der Waals surface area contributed by atoms with E-state index in [0.29, 0.717) is 10.5 Å². The van der Waals surface area contributed by atoms with E-state index >= 15 is 0 Å². The fourth-order valence-electron chi connectivity index (χ4n) is 3.47. The molecule has 1 amide bonds. The fraction of sp³-hybridized carbons (Fsp3) is 0.250. The van der Waals surface area contributed by atoms with Gasteiger partial charge in [0, 0.05) is 31.2 Å². The molecule has 1 aliphatic heterocycles. The number of halogens is 2. The van der Waals surface area contributed by atoms with Gasteiger partial charge in [0.05, 0.1) is 27.1 Å². The molecule has 0 spiro atoms. The van der Waals surface area contributed by atoms with E-state index in [-0.39, 0.29) is 53.9 Å². The van der Waals surface area contributed by atoms with Crippen LogP contribution in [0.25, 0.3) is 10.9 Å². The number of carbonyl (C=O) groups excluding carboxylic acids is 1. The molecular formula is C20H18Cl2N4O4S. The first kappa shape index (κ1) is 21.8. The molecule has 0 atom stereocenters. The molecule has 4 rings (SSSR count). The third-order valence-corrected chi connectivity index (χ3v) is 7.54. The highest BCUT2D eigenvalue weighted by molar-refractivity contribution is 7.89. The Labute approximate surface area is 188 Å². The van der Waals surface area contributed by atoms with E-state index in [0.717, 1.165) is 0 Å². The Hall–Kier alpha value is -2.46. The van der Waals surface area contributed by atoms with Gasteiger partial charge in [-0.1, -0.05) is 41.4 Å². The number of sulfonamides is 1. The highest BCUT2D eigenvalue weighted by Crippen LogP contribution is 2.24. The molecule has 1 aliphatic rings. The largest absolute Gasteiger partial charge is 0.338 e. The maximum atomic E-state index is 12.7. The van der Waals surface area contributed by atoms with Crippen molar-refractivity contribution in [3.63, 3.8) is 0 Å². The summed E-state index contributed by atoms with van der Waals surface area (Å²) in [5, 5.41) is 0.789. The lowest BCUT2D eigenvalue weighted by molar-refractivity contribution is -0.133. The van der Waals surface area contributed by atoms with Gasteiger partial charge in [0.1, 0.15) is 6.54 Å². The zero-order valence-electron chi connectivity index (χ0n) is 16.2. The Balaban J connectivity index is 1.46. The number of benzene rings is 2. The zero-order chi connectivity index (χ0) is 22.2. The monoisotopic (exact) mass is 480 g/mol. The van der Waals surface area contributed by atoms with Crippen LogP contribution in [-0.2, 0) is 21.4 Å². The van der Waals surface area contributed by atoms with Crippen LogP contribution < -0.4 is 5.56 Å². The van der Waals surface area contributed by atoms with Gasteiger partial charge in [-0.15, -0.1) is 0 Å². The van der Waals surface area contributed by atoms with Gasteiger partial charge in [0.2, 0.25) is 15.9 Å². The van der Waals surface area contributed by atoms with Gasteiger partial charge in [-0.2, -0.15) is 4.31 Å². The first-order chi connectivity index (χ1) is 14.8. The molecule has 0 N–H and O–H groups in total. The summed E-state index contributed by atoms with van der Waals surface area (Å²) in [6, 6.07) is 11.1. The van der Waals surface area contributed by atoms with Gasteiger partial charge < -0.3 is 4.90 Å². The van der Waals surface area contributed by atoms with Crippen LogP contribution in [0, 0.1) is 0 Å². The van der Waals surface area contributed by atoms with Crippen molar-refractivity contribution in [1.82, 2.24) is 18.8 Å². The number of rotatable bonds is 4. The molecule has 0 bridgehead atoms. The molecule has 0 radical (unpaired) electrons. The van der Waals surface area contributed by atoms with E-state index in [1.165, 1.54) is 27.3 Å². The van der Waals surface area contributed by atoms with Gasteiger partial charge in [-0.05, 0) is 24.3 Å². The van der Waals surface area contributed by atoms with Crippen molar-refractivity contribution >= 4 is 50.0 Å². The first-order valence-corrected chi connectivity index (χ1v) is 11.6. The summed E-state index contributed by atoms with van der Waals surface area (Å²) in [7, 11) is -3.60. The summed E-state index contributed by atoms with van der Waals surface area (Å²) in [4.78, 5) is 31.4. The number of aromatic nitrogens is 2. The number of fused-ring (bicyclic) bond motifs is 1. The number of hydrogen-bond acceptors (Lipinski definition) is 5. The standard InChI is InChI=1S/C20H18Cl2N4O4S/c21-14-10-16-19(17(22)11-14)23-13-25(20(16)28)12-18(27)24-6-8-26(9-7-24)31(29,30)15-4-2-1-3-5-15/h1-5,10-11,13H,6-9,12H2. The van der Waals surface area contributed by atoms with Gasteiger partial charge in [-0.25, -0.2) is 13.4 Å². The molecule has 1 saturated heterocycles. The Kier molecular flexibility index (Phi) is 6.02. The highest BCUT2D eigenvalue weighted by atomic mass is 35.5. The third-order valence-electron chi connectivity index (χ3n) is 5.12. The highest BCUT2D eigenvalue weighted by Gasteiger charge is 2.30. The van der Waals surface area contributed by atoms with E-state index in [1.807, 2.05) is 0 Å². The SMILES string of the molecule is O=C(Cn1cnc2c(Cl)cc(Cl)cc2c1=O)N1CCN(S(=O)(=O)c2ccccc2)CC1. The number of hydrogen-bond donors (Lipinski definition) is 0. The molecule has 2 heterocycles. The summed E-state index contributed by atoms with van der Waals surface area (Å²) in [6.45, 7) is 0.617. The lowest BCUT2D eigenvalue weighted by Crippen LogP contribution is -2.51. The van der Waals surface area contributed by atoms with Crippen molar-refractivity contribution < 1.29 is 13.2 Å². The van der Waals surface area contributed by atoms with Gasteiger partial charge in [-0.3, -0.25) is 14.2 Å². The lowest BCUT2D eigenvalue weighted by Gasteiger charge is -2.34. The maximum Gasteiger partial charge on any atom is 0.261 e. The van der Waals surface area contributed by atoms with E-state index in [2.05, 4.69) is 4.98 Å². The first-order valence-electron chi connectivity index (χ1n) is 9.44. The molecule has 2 aromatic carbocycles. The topological polar surface area (TPSA) is 92.6 Å². The molecule has 11 heteroatoms. The van der Waals surface area contributed by atoms with E-state index < -0.39 is 15.6 Å². The fourth-order valence-corrected chi connectivity index (χ4v) is 5.46. The number of carbonyl (C=O) groups is 1. The van der Waals surface area contributed by atoms with Crippen molar-refractivity contribution in [3.8, 4) is 0 Å². The van der Waals surface area contributed by atoms with E-state index in [1.54, 1.807) is 35.2 Å². The summed E-state index contributed by atoms with van der Waals surface area (Å²) in [5.74, 6) is -0.298. The smallest absolute Gasteiger partial charge is 0.261 e. The second kappa shape index (κ2) is 8.58. The Morgan fingerprint density at radius 2 is 1.71 bits per heavy atom. The molecule has 1 fully saturated rings. The van der Waals surface area contributed by atoms with Crippen molar-refractivity contribution in [2.24, 2.45) is 0 Å². The summed E-state index contributed by atoms with van der Waals surface area (Å²) < 4.78 is 28.0. The minimum atomic E-state index is -3.60. The van der Waals surface area contributed by atoms with E-state index in [4.69, 9.17) is 23.2 Å². The quantitative estimate of drug-likeness (QED) is 0.570. The molecule has 0 unspecified atom stereocenters. The molecule has 3 aromatic rings. The third kappa shape index (κ3) is 4.31. The van der Waals surface area contributed by atoms with Crippen LogP contribution in [0.4, 0.5) is 0 Å². The van der Waals surface area contributed by atoms with Crippen LogP contribution in [-0.4, -0.2) is 59.3 Å². The Morgan fingerprint density at radius 1 is 1.03 bits per heavy atom. The zero-order valence-corrected chi connectivity index (χ0v) is 18.6. The van der Waals surface area contributed by atoms with Crippen LogP contribution in [0.3, 0.4) is 0 Å².